The minimum atomic E-state index is 0.0529. The van der Waals surface area contributed by atoms with Crippen LogP contribution in [0.5, 0.6) is 0 Å². The van der Waals surface area contributed by atoms with Crippen molar-refractivity contribution < 1.29 is 4.79 Å². The third kappa shape index (κ3) is 2.79. The molecule has 0 aliphatic rings. The molecule has 2 aromatic rings. The molecule has 1 heterocycles. The van der Waals surface area contributed by atoms with Crippen molar-refractivity contribution >= 4 is 29.2 Å². The Labute approximate surface area is 111 Å². The van der Waals surface area contributed by atoms with Gasteiger partial charge in [-0.3, -0.25) is 4.79 Å². The van der Waals surface area contributed by atoms with Crippen LogP contribution in [0.3, 0.4) is 0 Å². The van der Waals surface area contributed by atoms with Gasteiger partial charge in [-0.25, -0.2) is 0 Å². The van der Waals surface area contributed by atoms with Crippen molar-refractivity contribution in [3.05, 3.63) is 29.0 Å². The second-order valence-electron chi connectivity index (χ2n) is 4.57. The van der Waals surface area contributed by atoms with E-state index < -0.39 is 0 Å². The molecule has 0 unspecified atom stereocenters. The zero-order valence-corrected chi connectivity index (χ0v) is 11.4. The number of hydrogen-bond donors (Lipinski definition) is 2. The van der Waals surface area contributed by atoms with Crippen LogP contribution in [0.25, 0.3) is 11.0 Å². The van der Waals surface area contributed by atoms with Crippen molar-refractivity contribution in [1.82, 2.24) is 14.9 Å². The Morgan fingerprint density at radius 2 is 2.17 bits per heavy atom. The van der Waals surface area contributed by atoms with Crippen molar-refractivity contribution in [3.63, 3.8) is 0 Å². The number of nitrogens with one attached hydrogen (secondary N) is 2. The molecule has 0 fully saturated rings. The molecule has 0 aliphatic heterocycles. The van der Waals surface area contributed by atoms with Gasteiger partial charge in [0, 0.05) is 19.0 Å². The zero-order chi connectivity index (χ0) is 13.1. The van der Waals surface area contributed by atoms with Crippen LogP contribution >= 0.6 is 12.2 Å². The molecule has 18 heavy (non-hydrogen) atoms. The van der Waals surface area contributed by atoms with Gasteiger partial charge in [-0.1, -0.05) is 12.1 Å². The van der Waals surface area contributed by atoms with Gasteiger partial charge in [-0.05, 0) is 38.2 Å². The molecule has 0 atom stereocenters. The molecule has 1 aromatic carbocycles. The number of H-pyrrole nitrogens is 1. The number of carbonyl (C=O) groups is 1. The summed E-state index contributed by atoms with van der Waals surface area (Å²) in [5.41, 5.74) is 2.05. The van der Waals surface area contributed by atoms with E-state index >= 15 is 0 Å². The fourth-order valence-corrected chi connectivity index (χ4v) is 2.24. The van der Waals surface area contributed by atoms with E-state index in [0.717, 1.165) is 11.0 Å². The normalized spacial score (nSPS) is 11.1. The highest BCUT2D eigenvalue weighted by molar-refractivity contribution is 7.71. The predicted octanol–water partition coefficient (Wildman–Crippen LogP) is 2.61. The number of amides is 1. The first kappa shape index (κ1) is 12.8. The van der Waals surface area contributed by atoms with Crippen LogP contribution in [0.2, 0.25) is 0 Å². The zero-order valence-electron chi connectivity index (χ0n) is 10.6. The number of imidazole rings is 1. The van der Waals surface area contributed by atoms with Gasteiger partial charge in [-0.2, -0.15) is 0 Å². The Bertz CT molecular complexity index is 612. The Balaban J connectivity index is 2.15. The minimum Gasteiger partial charge on any atom is -0.354 e. The van der Waals surface area contributed by atoms with Gasteiger partial charge in [0.15, 0.2) is 4.77 Å². The van der Waals surface area contributed by atoms with E-state index in [1.54, 1.807) is 0 Å². The monoisotopic (exact) mass is 263 g/mol. The SMILES string of the molecule is CC(C)NC(=O)CCn1c(=S)[nH]c2ccccc21. The molecule has 0 spiro atoms. The van der Waals surface area contributed by atoms with Gasteiger partial charge in [0.1, 0.15) is 0 Å². The molecule has 0 bridgehead atoms. The maximum atomic E-state index is 11.6. The Kier molecular flexibility index (Phi) is 3.81. The van der Waals surface area contributed by atoms with Crippen molar-refractivity contribution in [1.29, 1.82) is 0 Å². The standard InChI is InChI=1S/C13H17N3OS/c1-9(2)14-12(17)7-8-16-11-6-4-3-5-10(11)15-13(16)18/h3-6,9H,7-8H2,1-2H3,(H,14,17)(H,15,18). The average molecular weight is 263 g/mol. The lowest BCUT2D eigenvalue weighted by atomic mass is 10.3. The number of fused-ring (bicyclic) bond motifs is 1. The highest BCUT2D eigenvalue weighted by Crippen LogP contribution is 2.13. The highest BCUT2D eigenvalue weighted by atomic mass is 32.1. The van der Waals surface area contributed by atoms with Crippen LogP contribution in [0.4, 0.5) is 0 Å². The third-order valence-electron chi connectivity index (χ3n) is 2.69. The van der Waals surface area contributed by atoms with E-state index in [2.05, 4.69) is 10.3 Å². The maximum absolute atomic E-state index is 11.6. The highest BCUT2D eigenvalue weighted by Gasteiger charge is 2.07. The van der Waals surface area contributed by atoms with Gasteiger partial charge in [0.2, 0.25) is 5.91 Å². The first-order chi connectivity index (χ1) is 8.58. The number of aromatic amines is 1. The Hall–Kier alpha value is -1.62. The predicted molar refractivity (Wildman–Crippen MR) is 75.0 cm³/mol. The number of aromatic nitrogens is 2. The van der Waals surface area contributed by atoms with E-state index in [4.69, 9.17) is 12.2 Å². The molecule has 96 valence electrons. The molecule has 4 nitrogen and oxygen atoms in total. The van der Waals surface area contributed by atoms with Gasteiger partial charge < -0.3 is 14.9 Å². The summed E-state index contributed by atoms with van der Waals surface area (Å²) in [6.45, 7) is 4.51. The summed E-state index contributed by atoms with van der Waals surface area (Å²) in [7, 11) is 0. The Morgan fingerprint density at radius 3 is 2.89 bits per heavy atom. The van der Waals surface area contributed by atoms with Crippen molar-refractivity contribution in [2.75, 3.05) is 0 Å². The topological polar surface area (TPSA) is 49.8 Å². The van der Waals surface area contributed by atoms with E-state index in [1.807, 2.05) is 42.7 Å². The molecule has 5 heteroatoms. The van der Waals surface area contributed by atoms with Crippen molar-refractivity contribution in [3.8, 4) is 0 Å². The second kappa shape index (κ2) is 5.35. The van der Waals surface area contributed by atoms with Crippen LogP contribution in [0.1, 0.15) is 20.3 Å². The molecule has 0 saturated carbocycles. The first-order valence-electron chi connectivity index (χ1n) is 6.05. The summed E-state index contributed by atoms with van der Waals surface area (Å²) in [5.74, 6) is 0.0529. The lowest BCUT2D eigenvalue weighted by Gasteiger charge is -2.09. The second-order valence-corrected chi connectivity index (χ2v) is 4.96. The third-order valence-corrected chi connectivity index (χ3v) is 3.02. The summed E-state index contributed by atoms with van der Waals surface area (Å²) in [5, 5.41) is 2.88. The number of aryl methyl sites for hydroxylation is 1. The van der Waals surface area contributed by atoms with E-state index in [0.29, 0.717) is 17.7 Å². The van der Waals surface area contributed by atoms with Gasteiger partial charge >= 0.3 is 0 Å². The molecule has 0 saturated heterocycles. The summed E-state index contributed by atoms with van der Waals surface area (Å²) in [6, 6.07) is 8.09. The lowest BCUT2D eigenvalue weighted by Crippen LogP contribution is -2.30. The summed E-state index contributed by atoms with van der Waals surface area (Å²) in [6.07, 6.45) is 0.439. The molecule has 0 radical (unpaired) electrons. The molecule has 1 aromatic heterocycles. The van der Waals surface area contributed by atoms with E-state index in [9.17, 15) is 4.79 Å². The van der Waals surface area contributed by atoms with Gasteiger partial charge in [-0.15, -0.1) is 0 Å². The number of hydrogen-bond acceptors (Lipinski definition) is 2. The molecule has 1 amide bonds. The fourth-order valence-electron chi connectivity index (χ4n) is 1.94. The van der Waals surface area contributed by atoms with Gasteiger partial charge in [0.25, 0.3) is 0 Å². The summed E-state index contributed by atoms with van der Waals surface area (Å²) < 4.78 is 2.62. The number of para-hydroxylation sites is 2. The van der Waals surface area contributed by atoms with E-state index in [1.165, 1.54) is 0 Å². The van der Waals surface area contributed by atoms with Crippen molar-refractivity contribution in [2.24, 2.45) is 0 Å². The van der Waals surface area contributed by atoms with Crippen LogP contribution in [-0.2, 0) is 11.3 Å². The van der Waals surface area contributed by atoms with Crippen LogP contribution < -0.4 is 5.32 Å². The van der Waals surface area contributed by atoms with Gasteiger partial charge in [0.05, 0.1) is 11.0 Å². The fraction of sp³-hybridized carbons (Fsp3) is 0.385. The molecule has 2 rings (SSSR count). The molecule has 0 aliphatic carbocycles. The number of nitrogens with zero attached hydrogens (tertiary/aromatic N) is 1. The van der Waals surface area contributed by atoms with Crippen LogP contribution in [-0.4, -0.2) is 21.5 Å². The van der Waals surface area contributed by atoms with Crippen LogP contribution in [0, 0.1) is 4.77 Å². The van der Waals surface area contributed by atoms with E-state index in [-0.39, 0.29) is 11.9 Å². The number of benzene rings is 1. The van der Waals surface area contributed by atoms with Crippen molar-refractivity contribution in [2.45, 2.75) is 32.9 Å². The first-order valence-corrected chi connectivity index (χ1v) is 6.45. The number of rotatable bonds is 4. The number of carbonyl (C=O) groups excluding carboxylic acids is 1. The largest absolute Gasteiger partial charge is 0.354 e. The maximum Gasteiger partial charge on any atom is 0.221 e. The smallest absolute Gasteiger partial charge is 0.221 e. The molecule has 2 N–H and O–H groups in total. The summed E-state index contributed by atoms with van der Waals surface area (Å²) in [4.78, 5) is 14.8. The Morgan fingerprint density at radius 1 is 1.44 bits per heavy atom. The molecular formula is C13H17N3OS. The average Bonchev–Trinajstić information content (AvgIpc) is 2.61. The minimum absolute atomic E-state index is 0.0529. The lowest BCUT2D eigenvalue weighted by molar-refractivity contribution is -0.121. The summed E-state index contributed by atoms with van der Waals surface area (Å²) >= 11 is 5.27. The quantitative estimate of drug-likeness (QED) is 0.833. The molecular weight excluding hydrogens is 246 g/mol. The van der Waals surface area contributed by atoms with Crippen LogP contribution in [0.15, 0.2) is 24.3 Å².